The first-order valence-corrected chi connectivity index (χ1v) is 6.16. The molecule has 0 atom stereocenters. The lowest BCUT2D eigenvalue weighted by Gasteiger charge is -2.15. The van der Waals surface area contributed by atoms with Crippen molar-refractivity contribution >= 4 is 5.78 Å². The summed E-state index contributed by atoms with van der Waals surface area (Å²) < 4.78 is 0. The zero-order chi connectivity index (χ0) is 10.8. The summed E-state index contributed by atoms with van der Waals surface area (Å²) in [5.74, 6) is 1.34. The largest absolute Gasteiger partial charge is 0.300 e. The Hall–Kier alpha value is -0.330. The number of hydrogen-bond donors (Lipinski definition) is 0. The van der Waals surface area contributed by atoms with Crippen LogP contribution in [0.25, 0.3) is 0 Å². The molecular weight excluding hydrogens is 172 g/mol. The molecule has 1 aliphatic carbocycles. The van der Waals surface area contributed by atoms with Gasteiger partial charge in [-0.25, -0.2) is 0 Å². The van der Waals surface area contributed by atoms with Gasteiger partial charge >= 0.3 is 0 Å². The lowest BCUT2D eigenvalue weighted by molar-refractivity contribution is -0.117. The van der Waals surface area contributed by atoms with Gasteiger partial charge in [0.25, 0.3) is 0 Å². The van der Waals surface area contributed by atoms with E-state index >= 15 is 0 Å². The maximum atomic E-state index is 10.2. The second-order valence-electron chi connectivity index (χ2n) is 4.55. The molecule has 1 rings (SSSR count). The fourth-order valence-corrected chi connectivity index (χ4v) is 1.73. The molecule has 0 unspecified atom stereocenters. The van der Waals surface area contributed by atoms with Crippen molar-refractivity contribution in [3.63, 3.8) is 0 Å². The summed E-state index contributed by atoms with van der Waals surface area (Å²) in [5.41, 5.74) is 0. The lowest BCUT2D eigenvalue weighted by atomic mass is 9.91. The summed E-state index contributed by atoms with van der Waals surface area (Å²) in [6, 6.07) is 0. The lowest BCUT2D eigenvalue weighted by Crippen LogP contribution is -1.99. The predicted molar refractivity (Wildman–Crippen MR) is 62.5 cm³/mol. The van der Waals surface area contributed by atoms with Gasteiger partial charge in [0, 0.05) is 6.42 Å². The number of Topliss-reactive ketones (excluding diaryl/α,β-unsaturated/α-hetero) is 1. The molecule has 0 aromatic rings. The minimum Gasteiger partial charge on any atom is -0.300 e. The molecule has 1 fully saturated rings. The third-order valence-corrected chi connectivity index (χ3v) is 2.78. The van der Waals surface area contributed by atoms with Gasteiger partial charge in [-0.1, -0.05) is 52.4 Å². The van der Waals surface area contributed by atoms with Gasteiger partial charge in [-0.05, 0) is 19.3 Å². The average Bonchev–Trinajstić information content (AvgIpc) is 2.17. The first kappa shape index (κ1) is 13.7. The molecule has 0 N–H and O–H groups in total. The quantitative estimate of drug-likeness (QED) is 0.659. The van der Waals surface area contributed by atoms with Gasteiger partial charge in [0.1, 0.15) is 5.78 Å². The average molecular weight is 198 g/mol. The fourth-order valence-electron chi connectivity index (χ4n) is 1.73. The highest BCUT2D eigenvalue weighted by atomic mass is 16.1. The highest BCUT2D eigenvalue weighted by Crippen LogP contribution is 2.22. The van der Waals surface area contributed by atoms with Crippen molar-refractivity contribution in [3.8, 4) is 0 Å². The van der Waals surface area contributed by atoms with Crippen LogP contribution < -0.4 is 0 Å². The molecule has 14 heavy (non-hydrogen) atoms. The SMILES string of the molecule is CC1CCCCC1.CCCCC(C)=O. The molecule has 0 aromatic heterocycles. The zero-order valence-corrected chi connectivity index (χ0v) is 10.1. The number of carbonyl (C=O) groups is 1. The van der Waals surface area contributed by atoms with Crippen LogP contribution in [0.5, 0.6) is 0 Å². The smallest absolute Gasteiger partial charge is 0.129 e. The van der Waals surface area contributed by atoms with Crippen LogP contribution in [0.3, 0.4) is 0 Å². The third kappa shape index (κ3) is 9.76. The molecule has 0 radical (unpaired) electrons. The summed E-state index contributed by atoms with van der Waals surface area (Å²) in [6.07, 6.45) is 10.4. The van der Waals surface area contributed by atoms with Crippen molar-refractivity contribution in [2.24, 2.45) is 5.92 Å². The van der Waals surface area contributed by atoms with Crippen molar-refractivity contribution in [1.29, 1.82) is 0 Å². The van der Waals surface area contributed by atoms with Crippen LogP contribution in [0.15, 0.2) is 0 Å². The van der Waals surface area contributed by atoms with E-state index in [2.05, 4.69) is 13.8 Å². The van der Waals surface area contributed by atoms with E-state index in [-0.39, 0.29) is 0 Å². The Labute approximate surface area is 89.3 Å². The number of carbonyl (C=O) groups excluding carboxylic acids is 1. The molecule has 0 bridgehead atoms. The highest BCUT2D eigenvalue weighted by Gasteiger charge is 2.05. The van der Waals surface area contributed by atoms with E-state index in [1.165, 1.54) is 32.1 Å². The van der Waals surface area contributed by atoms with Crippen molar-refractivity contribution < 1.29 is 4.79 Å². The van der Waals surface area contributed by atoms with Gasteiger partial charge in [-0.3, -0.25) is 0 Å². The van der Waals surface area contributed by atoms with Gasteiger partial charge in [-0.15, -0.1) is 0 Å². The van der Waals surface area contributed by atoms with Crippen LogP contribution >= 0.6 is 0 Å². The zero-order valence-electron chi connectivity index (χ0n) is 10.1. The van der Waals surface area contributed by atoms with E-state index in [1.54, 1.807) is 6.92 Å². The van der Waals surface area contributed by atoms with Crippen molar-refractivity contribution in [2.45, 2.75) is 72.1 Å². The van der Waals surface area contributed by atoms with Crippen molar-refractivity contribution in [2.75, 3.05) is 0 Å². The first-order chi connectivity index (χ1) is 6.66. The van der Waals surface area contributed by atoms with E-state index in [0.29, 0.717) is 5.78 Å². The number of rotatable bonds is 3. The third-order valence-electron chi connectivity index (χ3n) is 2.78. The van der Waals surface area contributed by atoms with E-state index < -0.39 is 0 Å². The van der Waals surface area contributed by atoms with Gasteiger partial charge in [-0.2, -0.15) is 0 Å². The predicted octanol–water partition coefficient (Wildman–Crippen LogP) is 4.35. The Balaban J connectivity index is 0.000000241. The second-order valence-corrected chi connectivity index (χ2v) is 4.55. The monoisotopic (exact) mass is 198 g/mol. The Morgan fingerprint density at radius 3 is 2.00 bits per heavy atom. The summed E-state index contributed by atoms with van der Waals surface area (Å²) in [6.45, 7) is 6.08. The van der Waals surface area contributed by atoms with E-state index in [0.717, 1.165) is 25.2 Å². The van der Waals surface area contributed by atoms with E-state index in [9.17, 15) is 4.79 Å². The van der Waals surface area contributed by atoms with Crippen LogP contribution in [-0.2, 0) is 4.79 Å². The maximum Gasteiger partial charge on any atom is 0.129 e. The molecule has 1 nitrogen and oxygen atoms in total. The van der Waals surface area contributed by atoms with Crippen LogP contribution in [0, 0.1) is 5.92 Å². The van der Waals surface area contributed by atoms with Gasteiger partial charge in [0.05, 0.1) is 0 Å². The number of ketones is 1. The molecule has 0 aromatic carbocycles. The van der Waals surface area contributed by atoms with Crippen LogP contribution in [0.4, 0.5) is 0 Å². The molecule has 1 aliphatic rings. The normalized spacial score (nSPS) is 17.1. The maximum absolute atomic E-state index is 10.2. The minimum absolute atomic E-state index is 0.307. The Kier molecular flexibility index (Phi) is 9.02. The van der Waals surface area contributed by atoms with E-state index in [1.807, 2.05) is 0 Å². The summed E-state index contributed by atoms with van der Waals surface area (Å²) >= 11 is 0. The summed E-state index contributed by atoms with van der Waals surface area (Å²) in [7, 11) is 0. The summed E-state index contributed by atoms with van der Waals surface area (Å²) in [4.78, 5) is 10.2. The van der Waals surface area contributed by atoms with Gasteiger partial charge in [0.2, 0.25) is 0 Å². The first-order valence-electron chi connectivity index (χ1n) is 6.16. The molecule has 0 spiro atoms. The Bertz CT molecular complexity index is 134. The Morgan fingerprint density at radius 1 is 1.21 bits per heavy atom. The number of hydrogen-bond acceptors (Lipinski definition) is 1. The molecule has 0 heterocycles. The highest BCUT2D eigenvalue weighted by molar-refractivity contribution is 5.75. The van der Waals surface area contributed by atoms with E-state index in [4.69, 9.17) is 0 Å². The number of unbranched alkanes of at least 4 members (excludes halogenated alkanes) is 1. The van der Waals surface area contributed by atoms with Gasteiger partial charge < -0.3 is 4.79 Å². The molecule has 84 valence electrons. The molecule has 1 heteroatoms. The molecule has 1 saturated carbocycles. The summed E-state index contributed by atoms with van der Waals surface area (Å²) in [5, 5.41) is 0. The van der Waals surface area contributed by atoms with Gasteiger partial charge in [0.15, 0.2) is 0 Å². The standard InChI is InChI=1S/C7H14.C6H12O/c1-7-5-3-2-4-6-7;1-3-4-5-6(2)7/h7H,2-6H2,1H3;3-5H2,1-2H3. The Morgan fingerprint density at radius 2 is 1.79 bits per heavy atom. The van der Waals surface area contributed by atoms with Crippen LogP contribution in [0.1, 0.15) is 72.1 Å². The molecule has 0 amide bonds. The molecule has 0 aliphatic heterocycles. The van der Waals surface area contributed by atoms with Crippen molar-refractivity contribution in [1.82, 2.24) is 0 Å². The molecule has 0 saturated heterocycles. The topological polar surface area (TPSA) is 17.1 Å². The fraction of sp³-hybridized carbons (Fsp3) is 0.923. The van der Waals surface area contributed by atoms with Crippen LogP contribution in [-0.4, -0.2) is 5.78 Å². The molecular formula is C13H26O. The van der Waals surface area contributed by atoms with Crippen LogP contribution in [0.2, 0.25) is 0 Å². The minimum atomic E-state index is 0.307. The van der Waals surface area contributed by atoms with Crippen molar-refractivity contribution in [3.05, 3.63) is 0 Å². The second kappa shape index (κ2) is 9.23.